The van der Waals surface area contributed by atoms with Crippen molar-refractivity contribution in [2.45, 2.75) is 46.1 Å². The Bertz CT molecular complexity index is 537. The number of carbonyl (C=O) groups is 1. The van der Waals surface area contributed by atoms with Gasteiger partial charge < -0.3 is 20.7 Å². The van der Waals surface area contributed by atoms with E-state index in [1.54, 1.807) is 18.4 Å². The maximum Gasteiger partial charge on any atom is 0.407 e. The zero-order valence-corrected chi connectivity index (χ0v) is 16.0. The highest BCUT2D eigenvalue weighted by Crippen LogP contribution is 2.10. The molecular weight excluding hydrogens is 326 g/mol. The molecule has 8 heteroatoms. The Hall–Kier alpha value is -1.83. The van der Waals surface area contributed by atoms with Crippen molar-refractivity contribution in [3.05, 3.63) is 16.1 Å². The fourth-order valence-electron chi connectivity index (χ4n) is 1.84. The van der Waals surface area contributed by atoms with Crippen molar-refractivity contribution in [3.8, 4) is 0 Å². The first-order chi connectivity index (χ1) is 11.3. The largest absolute Gasteiger partial charge is 0.444 e. The lowest BCUT2D eigenvalue weighted by molar-refractivity contribution is 0.0529. The topological polar surface area (TPSA) is 87.6 Å². The van der Waals surface area contributed by atoms with Crippen LogP contribution in [0.25, 0.3) is 0 Å². The minimum absolute atomic E-state index is 0.411. The zero-order valence-electron chi connectivity index (χ0n) is 15.2. The van der Waals surface area contributed by atoms with E-state index in [1.807, 2.05) is 27.7 Å². The summed E-state index contributed by atoms with van der Waals surface area (Å²) in [7, 11) is 1.72. The first-order valence-electron chi connectivity index (χ1n) is 8.12. The molecule has 24 heavy (non-hydrogen) atoms. The fourth-order valence-corrected chi connectivity index (χ4v) is 2.66. The van der Waals surface area contributed by atoms with E-state index in [1.165, 1.54) is 5.01 Å². The highest BCUT2D eigenvalue weighted by atomic mass is 32.1. The van der Waals surface area contributed by atoms with Crippen LogP contribution in [0, 0.1) is 6.92 Å². The van der Waals surface area contributed by atoms with Gasteiger partial charge in [0.2, 0.25) is 0 Å². The van der Waals surface area contributed by atoms with Gasteiger partial charge in [0.25, 0.3) is 0 Å². The van der Waals surface area contributed by atoms with Gasteiger partial charge in [0, 0.05) is 44.2 Å². The van der Waals surface area contributed by atoms with Crippen LogP contribution in [0.1, 0.15) is 37.9 Å². The normalized spacial score (nSPS) is 12.0. The molecule has 1 rings (SSSR count). The number of thiazole rings is 1. The molecule has 1 aromatic rings. The Kier molecular flexibility index (Phi) is 8.53. The van der Waals surface area contributed by atoms with E-state index < -0.39 is 11.7 Å². The van der Waals surface area contributed by atoms with Crippen molar-refractivity contribution in [1.29, 1.82) is 0 Å². The number of carbonyl (C=O) groups excluding carboxylic acids is 1. The van der Waals surface area contributed by atoms with Crippen LogP contribution in [-0.2, 0) is 11.2 Å². The average Bonchev–Trinajstić information content (AvgIpc) is 2.89. The molecule has 0 unspecified atom stereocenters. The molecule has 0 aliphatic heterocycles. The highest BCUT2D eigenvalue weighted by molar-refractivity contribution is 7.09. The minimum atomic E-state index is -0.481. The predicted molar refractivity (Wildman–Crippen MR) is 98.8 cm³/mol. The number of hydrogen-bond donors (Lipinski definition) is 3. The Morgan fingerprint density at radius 3 is 2.50 bits per heavy atom. The van der Waals surface area contributed by atoms with E-state index in [0.29, 0.717) is 13.1 Å². The third-order valence-electron chi connectivity index (χ3n) is 2.84. The average molecular weight is 356 g/mol. The van der Waals surface area contributed by atoms with Gasteiger partial charge in [0.15, 0.2) is 5.96 Å². The molecule has 0 atom stereocenters. The lowest BCUT2D eigenvalue weighted by Gasteiger charge is -2.19. The van der Waals surface area contributed by atoms with Crippen LogP contribution in [0.4, 0.5) is 4.79 Å². The second-order valence-electron chi connectivity index (χ2n) is 6.34. The molecular formula is C16H29N5O2S. The fraction of sp³-hybridized carbons (Fsp3) is 0.688. The molecule has 1 aromatic heterocycles. The standard InChI is InChI=1S/C16H29N5O2S/c1-12-11-24-13(21-12)7-6-8-18-14(17-5)19-9-10-20-15(22)23-16(2,3)4/h11H,6-10H2,1-5H3,(H,20,22)(H2,17,18,19). The summed E-state index contributed by atoms with van der Waals surface area (Å²) in [5, 5.41) is 12.3. The molecule has 136 valence electrons. The van der Waals surface area contributed by atoms with Crippen LogP contribution in [0.2, 0.25) is 0 Å². The number of nitrogens with zero attached hydrogens (tertiary/aromatic N) is 2. The molecule has 7 nitrogen and oxygen atoms in total. The molecule has 0 bridgehead atoms. The number of ether oxygens (including phenoxy) is 1. The van der Waals surface area contributed by atoms with Crippen LogP contribution >= 0.6 is 11.3 Å². The SMILES string of the molecule is CN=C(NCCCc1nc(C)cs1)NCCNC(=O)OC(C)(C)C. The van der Waals surface area contributed by atoms with E-state index in [4.69, 9.17) is 4.74 Å². The summed E-state index contributed by atoms with van der Waals surface area (Å²) < 4.78 is 5.17. The minimum Gasteiger partial charge on any atom is -0.444 e. The maximum atomic E-state index is 11.5. The van der Waals surface area contributed by atoms with Gasteiger partial charge in [-0.05, 0) is 34.1 Å². The van der Waals surface area contributed by atoms with Crippen LogP contribution in [-0.4, -0.2) is 49.3 Å². The quantitative estimate of drug-likeness (QED) is 0.396. The summed E-state index contributed by atoms with van der Waals surface area (Å²) in [6, 6.07) is 0. The summed E-state index contributed by atoms with van der Waals surface area (Å²) in [4.78, 5) is 20.1. The monoisotopic (exact) mass is 355 g/mol. The predicted octanol–water partition coefficient (Wildman–Crippen LogP) is 2.07. The number of nitrogens with one attached hydrogen (secondary N) is 3. The molecule has 0 saturated carbocycles. The molecule has 3 N–H and O–H groups in total. The molecule has 0 aliphatic carbocycles. The van der Waals surface area contributed by atoms with Crippen molar-refractivity contribution in [2.75, 3.05) is 26.7 Å². The first-order valence-corrected chi connectivity index (χ1v) is 9.00. The van der Waals surface area contributed by atoms with Gasteiger partial charge in [-0.25, -0.2) is 9.78 Å². The number of hydrogen-bond acceptors (Lipinski definition) is 5. The van der Waals surface area contributed by atoms with Crippen molar-refractivity contribution in [2.24, 2.45) is 4.99 Å². The van der Waals surface area contributed by atoms with Crippen molar-refractivity contribution >= 4 is 23.4 Å². The van der Waals surface area contributed by atoms with E-state index in [9.17, 15) is 4.79 Å². The Morgan fingerprint density at radius 2 is 1.92 bits per heavy atom. The second-order valence-corrected chi connectivity index (χ2v) is 7.28. The van der Waals surface area contributed by atoms with E-state index in [2.05, 4.69) is 31.3 Å². The van der Waals surface area contributed by atoms with Gasteiger partial charge in [-0.2, -0.15) is 0 Å². The molecule has 0 aliphatic rings. The van der Waals surface area contributed by atoms with Crippen LogP contribution in [0.3, 0.4) is 0 Å². The zero-order chi connectivity index (χ0) is 18.0. The van der Waals surface area contributed by atoms with E-state index >= 15 is 0 Å². The third-order valence-corrected chi connectivity index (χ3v) is 3.86. The molecule has 0 saturated heterocycles. The Morgan fingerprint density at radius 1 is 1.25 bits per heavy atom. The van der Waals surface area contributed by atoms with E-state index in [0.717, 1.165) is 31.0 Å². The Balaban J connectivity index is 2.11. The van der Waals surface area contributed by atoms with Crippen molar-refractivity contribution in [1.82, 2.24) is 20.9 Å². The number of guanidine groups is 1. The summed E-state index contributed by atoms with van der Waals surface area (Å²) >= 11 is 1.70. The summed E-state index contributed by atoms with van der Waals surface area (Å²) in [5.41, 5.74) is 0.600. The molecule has 1 heterocycles. The van der Waals surface area contributed by atoms with Crippen LogP contribution in [0.5, 0.6) is 0 Å². The van der Waals surface area contributed by atoms with Gasteiger partial charge in [-0.3, -0.25) is 4.99 Å². The van der Waals surface area contributed by atoms with Crippen molar-refractivity contribution in [3.63, 3.8) is 0 Å². The molecule has 0 radical (unpaired) electrons. The number of aromatic nitrogens is 1. The van der Waals surface area contributed by atoms with Gasteiger partial charge in [0.05, 0.1) is 5.01 Å². The first kappa shape index (κ1) is 20.2. The van der Waals surface area contributed by atoms with Gasteiger partial charge >= 0.3 is 6.09 Å². The van der Waals surface area contributed by atoms with Gasteiger partial charge in [-0.15, -0.1) is 11.3 Å². The summed E-state index contributed by atoms with van der Waals surface area (Å²) in [5.74, 6) is 0.719. The maximum absolute atomic E-state index is 11.5. The number of aryl methyl sites for hydroxylation is 2. The summed E-state index contributed by atoms with van der Waals surface area (Å²) in [6.07, 6.45) is 1.54. The molecule has 0 fully saturated rings. The smallest absolute Gasteiger partial charge is 0.407 e. The number of aliphatic imine (C=N–C) groups is 1. The Labute approximate surface area is 148 Å². The van der Waals surface area contributed by atoms with E-state index in [-0.39, 0.29) is 0 Å². The number of alkyl carbamates (subject to hydrolysis) is 1. The van der Waals surface area contributed by atoms with Crippen LogP contribution < -0.4 is 16.0 Å². The molecule has 0 aromatic carbocycles. The number of rotatable bonds is 7. The number of amides is 1. The molecule has 0 spiro atoms. The van der Waals surface area contributed by atoms with Gasteiger partial charge in [0.1, 0.15) is 5.60 Å². The van der Waals surface area contributed by atoms with Crippen LogP contribution in [0.15, 0.2) is 10.4 Å². The highest BCUT2D eigenvalue weighted by Gasteiger charge is 2.15. The second kappa shape index (κ2) is 10.1. The summed E-state index contributed by atoms with van der Waals surface area (Å²) in [6.45, 7) is 9.38. The lowest BCUT2D eigenvalue weighted by Crippen LogP contribution is -2.42. The third kappa shape index (κ3) is 9.34. The lowest BCUT2D eigenvalue weighted by atomic mass is 10.2. The van der Waals surface area contributed by atoms with Gasteiger partial charge in [-0.1, -0.05) is 0 Å². The molecule has 1 amide bonds. The van der Waals surface area contributed by atoms with Crippen molar-refractivity contribution < 1.29 is 9.53 Å².